The average molecular weight is 449 g/mol. The van der Waals surface area contributed by atoms with Crippen LogP contribution in [-0.4, -0.2) is 35.8 Å². The number of hydrogen-bond donors (Lipinski definition) is 1. The SMILES string of the molecule is COc1cccc(NC(=O)CS[C@@H]2CC(=O)N(c3ccc(Br)cc3)C2=O)c1. The number of amides is 3. The van der Waals surface area contributed by atoms with E-state index in [1.165, 1.54) is 16.7 Å². The molecule has 3 amide bonds. The quantitative estimate of drug-likeness (QED) is 0.684. The fourth-order valence-corrected chi connectivity index (χ4v) is 3.87. The minimum atomic E-state index is -0.558. The normalized spacial score (nSPS) is 16.5. The molecule has 1 N–H and O–H groups in total. The van der Waals surface area contributed by atoms with E-state index in [2.05, 4.69) is 21.2 Å². The first-order valence-electron chi connectivity index (χ1n) is 8.16. The lowest BCUT2D eigenvalue weighted by molar-refractivity contribution is -0.121. The number of benzene rings is 2. The molecule has 2 aromatic carbocycles. The van der Waals surface area contributed by atoms with Crippen LogP contribution in [0, 0.1) is 0 Å². The summed E-state index contributed by atoms with van der Waals surface area (Å²) in [4.78, 5) is 38.2. The van der Waals surface area contributed by atoms with E-state index in [1.807, 2.05) is 0 Å². The second-order valence-corrected chi connectivity index (χ2v) is 7.93. The summed E-state index contributed by atoms with van der Waals surface area (Å²) in [6.45, 7) is 0. The summed E-state index contributed by atoms with van der Waals surface area (Å²) in [5.41, 5.74) is 1.15. The fourth-order valence-electron chi connectivity index (χ4n) is 2.67. The highest BCUT2D eigenvalue weighted by Crippen LogP contribution is 2.30. The Morgan fingerprint density at radius 3 is 2.70 bits per heavy atom. The number of imide groups is 1. The smallest absolute Gasteiger partial charge is 0.247 e. The van der Waals surface area contributed by atoms with Gasteiger partial charge in [0.2, 0.25) is 17.7 Å². The third-order valence-electron chi connectivity index (χ3n) is 3.96. The van der Waals surface area contributed by atoms with E-state index in [1.54, 1.807) is 55.6 Å². The van der Waals surface area contributed by atoms with Crippen LogP contribution in [0.1, 0.15) is 6.42 Å². The third-order valence-corrected chi connectivity index (χ3v) is 5.69. The van der Waals surface area contributed by atoms with Crippen LogP contribution in [0.3, 0.4) is 0 Å². The molecule has 0 unspecified atom stereocenters. The number of nitrogens with one attached hydrogen (secondary N) is 1. The van der Waals surface area contributed by atoms with Crippen LogP contribution < -0.4 is 15.0 Å². The first kappa shape index (κ1) is 19.4. The van der Waals surface area contributed by atoms with E-state index < -0.39 is 5.25 Å². The van der Waals surface area contributed by atoms with Crippen LogP contribution in [-0.2, 0) is 14.4 Å². The van der Waals surface area contributed by atoms with Gasteiger partial charge in [0.25, 0.3) is 0 Å². The molecule has 6 nitrogen and oxygen atoms in total. The summed E-state index contributed by atoms with van der Waals surface area (Å²) in [5.74, 6) is -0.0676. The molecule has 1 atom stereocenters. The van der Waals surface area contributed by atoms with Gasteiger partial charge >= 0.3 is 0 Å². The van der Waals surface area contributed by atoms with Gasteiger partial charge in [-0.05, 0) is 36.4 Å². The lowest BCUT2D eigenvalue weighted by atomic mass is 10.3. The summed E-state index contributed by atoms with van der Waals surface area (Å²) in [5, 5.41) is 2.20. The van der Waals surface area contributed by atoms with Gasteiger partial charge in [0.15, 0.2) is 0 Å². The van der Waals surface area contributed by atoms with Crippen molar-refractivity contribution in [2.45, 2.75) is 11.7 Å². The molecule has 2 aromatic rings. The van der Waals surface area contributed by atoms with Crippen molar-refractivity contribution in [3.8, 4) is 5.75 Å². The highest BCUT2D eigenvalue weighted by atomic mass is 79.9. The van der Waals surface area contributed by atoms with Crippen molar-refractivity contribution < 1.29 is 19.1 Å². The van der Waals surface area contributed by atoms with Crippen molar-refractivity contribution in [2.75, 3.05) is 23.1 Å². The van der Waals surface area contributed by atoms with Gasteiger partial charge in [0.1, 0.15) is 5.75 Å². The highest BCUT2D eigenvalue weighted by Gasteiger charge is 2.40. The summed E-state index contributed by atoms with van der Waals surface area (Å²) in [7, 11) is 1.55. The van der Waals surface area contributed by atoms with Gasteiger partial charge in [-0.1, -0.05) is 22.0 Å². The second-order valence-electron chi connectivity index (χ2n) is 5.83. The Hall–Kier alpha value is -2.32. The number of methoxy groups -OCH3 is 1. The lowest BCUT2D eigenvalue weighted by Crippen LogP contribution is -2.31. The minimum absolute atomic E-state index is 0.0784. The zero-order valence-corrected chi connectivity index (χ0v) is 16.9. The van der Waals surface area contributed by atoms with Gasteiger partial charge < -0.3 is 10.1 Å². The van der Waals surface area contributed by atoms with Crippen LogP contribution in [0.25, 0.3) is 0 Å². The molecule has 3 rings (SSSR count). The van der Waals surface area contributed by atoms with E-state index >= 15 is 0 Å². The van der Waals surface area contributed by atoms with Crippen molar-refractivity contribution in [2.24, 2.45) is 0 Å². The predicted octanol–water partition coefficient (Wildman–Crippen LogP) is 3.46. The molecule has 140 valence electrons. The average Bonchev–Trinajstić information content (AvgIpc) is 2.94. The zero-order chi connectivity index (χ0) is 19.4. The number of hydrogen-bond acceptors (Lipinski definition) is 5. The molecule has 0 radical (unpaired) electrons. The van der Waals surface area contributed by atoms with Gasteiger partial charge in [-0.2, -0.15) is 0 Å². The molecule has 1 saturated heterocycles. The number of thioether (sulfide) groups is 1. The van der Waals surface area contributed by atoms with E-state index in [0.29, 0.717) is 17.1 Å². The predicted molar refractivity (Wildman–Crippen MR) is 109 cm³/mol. The molecule has 1 aliphatic heterocycles. The minimum Gasteiger partial charge on any atom is -0.497 e. The Morgan fingerprint density at radius 1 is 1.26 bits per heavy atom. The Bertz CT molecular complexity index is 872. The van der Waals surface area contributed by atoms with Crippen LogP contribution in [0.5, 0.6) is 5.75 Å². The van der Waals surface area contributed by atoms with Crippen molar-refractivity contribution in [1.82, 2.24) is 0 Å². The van der Waals surface area contributed by atoms with Gasteiger partial charge in [-0.3, -0.25) is 14.4 Å². The first-order chi connectivity index (χ1) is 13.0. The van der Waals surface area contributed by atoms with E-state index in [9.17, 15) is 14.4 Å². The van der Waals surface area contributed by atoms with Crippen LogP contribution in [0.4, 0.5) is 11.4 Å². The molecular weight excluding hydrogens is 432 g/mol. The maximum atomic E-state index is 12.6. The molecule has 0 spiro atoms. The molecule has 27 heavy (non-hydrogen) atoms. The number of nitrogens with zero attached hydrogens (tertiary/aromatic N) is 1. The molecule has 1 heterocycles. The Labute approximate surface area is 169 Å². The number of carbonyl (C=O) groups excluding carboxylic acids is 3. The standard InChI is InChI=1S/C19H17BrN2O4S/c1-26-15-4-2-3-13(9-15)21-17(23)11-27-16-10-18(24)22(19(16)25)14-7-5-12(20)6-8-14/h2-9,16H,10-11H2,1H3,(H,21,23)/t16-/m1/s1. The van der Waals surface area contributed by atoms with Crippen LogP contribution in [0.2, 0.25) is 0 Å². The number of ether oxygens (including phenoxy) is 1. The largest absolute Gasteiger partial charge is 0.497 e. The van der Waals surface area contributed by atoms with Gasteiger partial charge in [0.05, 0.1) is 23.8 Å². The molecule has 0 aromatic heterocycles. The monoisotopic (exact) mass is 448 g/mol. The summed E-state index contributed by atoms with van der Waals surface area (Å²) >= 11 is 4.50. The molecular formula is C19H17BrN2O4S. The Kier molecular flexibility index (Phi) is 6.18. The van der Waals surface area contributed by atoms with Gasteiger partial charge in [0, 0.05) is 22.6 Å². The summed E-state index contributed by atoms with van der Waals surface area (Å²) in [6.07, 6.45) is 0.0893. The summed E-state index contributed by atoms with van der Waals surface area (Å²) < 4.78 is 5.98. The highest BCUT2D eigenvalue weighted by molar-refractivity contribution is 9.10. The number of carbonyl (C=O) groups is 3. The number of anilines is 2. The summed E-state index contributed by atoms with van der Waals surface area (Å²) in [6, 6.07) is 14.0. The topological polar surface area (TPSA) is 75.7 Å². The van der Waals surface area contributed by atoms with Gasteiger partial charge in [-0.15, -0.1) is 11.8 Å². The first-order valence-corrected chi connectivity index (χ1v) is 10.00. The fraction of sp³-hybridized carbons (Fsp3) is 0.211. The van der Waals surface area contributed by atoms with Crippen molar-refractivity contribution in [3.05, 3.63) is 53.0 Å². The zero-order valence-electron chi connectivity index (χ0n) is 14.5. The van der Waals surface area contributed by atoms with Crippen LogP contribution in [0.15, 0.2) is 53.0 Å². The van der Waals surface area contributed by atoms with Crippen LogP contribution >= 0.6 is 27.7 Å². The maximum Gasteiger partial charge on any atom is 0.247 e. The van der Waals surface area contributed by atoms with Crippen molar-refractivity contribution >= 4 is 56.8 Å². The van der Waals surface area contributed by atoms with E-state index in [4.69, 9.17) is 4.74 Å². The maximum absolute atomic E-state index is 12.6. The number of halogens is 1. The van der Waals surface area contributed by atoms with Crippen molar-refractivity contribution in [3.63, 3.8) is 0 Å². The molecule has 0 aliphatic carbocycles. The second kappa shape index (κ2) is 8.58. The molecule has 0 saturated carbocycles. The Balaban J connectivity index is 1.58. The van der Waals surface area contributed by atoms with E-state index in [0.717, 1.165) is 4.47 Å². The molecule has 1 aliphatic rings. The molecule has 8 heteroatoms. The van der Waals surface area contributed by atoms with Crippen molar-refractivity contribution in [1.29, 1.82) is 0 Å². The third kappa shape index (κ3) is 4.70. The van der Waals surface area contributed by atoms with E-state index in [-0.39, 0.29) is 29.9 Å². The Morgan fingerprint density at radius 2 is 2.00 bits per heavy atom. The number of rotatable bonds is 6. The van der Waals surface area contributed by atoms with Gasteiger partial charge in [-0.25, -0.2) is 4.90 Å². The lowest BCUT2D eigenvalue weighted by Gasteiger charge is -2.15. The molecule has 1 fully saturated rings. The molecule has 0 bridgehead atoms.